The van der Waals surface area contributed by atoms with Crippen LogP contribution in [0.4, 0.5) is 0 Å². The molecule has 2 aliphatic carbocycles. The van der Waals surface area contributed by atoms with Gasteiger partial charge in [-0.05, 0) is 49.9 Å². The molecule has 0 spiro atoms. The van der Waals surface area contributed by atoms with Crippen molar-refractivity contribution in [3.05, 3.63) is 39.3 Å². The highest BCUT2D eigenvalue weighted by atomic mass is 16.3. The summed E-state index contributed by atoms with van der Waals surface area (Å²) in [5, 5.41) is 9.61. The topological polar surface area (TPSA) is 45.5 Å². The van der Waals surface area contributed by atoms with Crippen LogP contribution >= 0.6 is 0 Å². The van der Waals surface area contributed by atoms with Crippen LogP contribution in [-0.4, -0.2) is 27.7 Å². The molecular weight excluding hydrogens is 312 g/mol. The lowest BCUT2D eigenvalue weighted by Crippen LogP contribution is -2.39. The van der Waals surface area contributed by atoms with Gasteiger partial charge in [-0.15, -0.1) is 0 Å². The average molecular weight is 342 g/mol. The van der Waals surface area contributed by atoms with E-state index in [9.17, 15) is 9.90 Å². The van der Waals surface area contributed by atoms with E-state index in [4.69, 9.17) is 0 Å². The van der Waals surface area contributed by atoms with Gasteiger partial charge in [-0.25, -0.2) is 0 Å². The highest BCUT2D eigenvalue weighted by molar-refractivity contribution is 5.27. The molecule has 3 aliphatic rings. The summed E-state index contributed by atoms with van der Waals surface area (Å²) in [4.78, 5) is 14.2. The minimum atomic E-state index is -0.260. The predicted molar refractivity (Wildman–Crippen MR) is 99.6 cm³/mol. The second-order valence-corrected chi connectivity index (χ2v) is 8.87. The van der Waals surface area contributed by atoms with Crippen molar-refractivity contribution in [3.8, 4) is 5.75 Å². The van der Waals surface area contributed by atoms with Gasteiger partial charge in [0.25, 0.3) is 0 Å². The number of allylic oxidation sites excluding steroid dienone is 2. The first-order valence-electron chi connectivity index (χ1n) is 9.78. The van der Waals surface area contributed by atoms with Crippen LogP contribution in [-0.2, 0) is 13.1 Å². The highest BCUT2D eigenvalue weighted by Gasteiger charge is 2.34. The van der Waals surface area contributed by atoms with E-state index in [1.165, 1.54) is 38.5 Å². The fourth-order valence-corrected chi connectivity index (χ4v) is 5.17. The van der Waals surface area contributed by atoms with Gasteiger partial charge in [0.05, 0.1) is 6.20 Å². The average Bonchev–Trinajstić information content (AvgIpc) is 2.57. The summed E-state index contributed by atoms with van der Waals surface area (Å²) >= 11 is 0. The van der Waals surface area contributed by atoms with Crippen molar-refractivity contribution in [1.29, 1.82) is 0 Å². The van der Waals surface area contributed by atoms with E-state index in [1.54, 1.807) is 23.4 Å². The number of rotatable bonds is 2. The van der Waals surface area contributed by atoms with Gasteiger partial charge in [0.15, 0.2) is 5.75 Å². The third-order valence-corrected chi connectivity index (χ3v) is 6.63. The second-order valence-electron chi connectivity index (χ2n) is 8.87. The first kappa shape index (κ1) is 16.9. The SMILES string of the molecule is CC1(C)CCCC2=C1CC(CN1CCn3cc(O)c(=O)cc3C1)CC2. The molecule has 1 N–H and O–H groups in total. The number of aromatic nitrogens is 1. The highest BCUT2D eigenvalue weighted by Crippen LogP contribution is 2.47. The van der Waals surface area contributed by atoms with Crippen molar-refractivity contribution >= 4 is 0 Å². The summed E-state index contributed by atoms with van der Waals surface area (Å²) in [6.45, 7) is 8.67. The Labute approximate surface area is 150 Å². The van der Waals surface area contributed by atoms with E-state index in [0.29, 0.717) is 5.41 Å². The lowest BCUT2D eigenvalue weighted by Gasteiger charge is -2.42. The quantitative estimate of drug-likeness (QED) is 0.834. The monoisotopic (exact) mass is 342 g/mol. The van der Waals surface area contributed by atoms with E-state index in [1.807, 2.05) is 4.57 Å². The number of hydrogen-bond acceptors (Lipinski definition) is 3. The van der Waals surface area contributed by atoms with E-state index < -0.39 is 0 Å². The van der Waals surface area contributed by atoms with Crippen LogP contribution in [0, 0.1) is 11.3 Å². The van der Waals surface area contributed by atoms with Crippen LogP contribution in [0.15, 0.2) is 28.2 Å². The van der Waals surface area contributed by atoms with Gasteiger partial charge in [-0.1, -0.05) is 25.0 Å². The Bertz CT molecular complexity index is 760. The normalized spacial score (nSPS) is 26.2. The van der Waals surface area contributed by atoms with E-state index in [-0.39, 0.29) is 11.2 Å². The molecule has 1 aromatic rings. The Hall–Kier alpha value is -1.55. The molecule has 0 saturated heterocycles. The molecule has 0 aromatic carbocycles. The molecule has 0 radical (unpaired) electrons. The van der Waals surface area contributed by atoms with Crippen LogP contribution in [0.5, 0.6) is 5.75 Å². The van der Waals surface area contributed by atoms with Crippen LogP contribution in [0.3, 0.4) is 0 Å². The molecule has 4 rings (SSSR count). The van der Waals surface area contributed by atoms with Gasteiger partial charge in [0.1, 0.15) is 0 Å². The molecule has 4 nitrogen and oxygen atoms in total. The van der Waals surface area contributed by atoms with Crippen molar-refractivity contribution in [2.45, 2.75) is 65.5 Å². The van der Waals surface area contributed by atoms with Crippen molar-refractivity contribution in [2.75, 3.05) is 13.1 Å². The molecule has 2 heterocycles. The first-order chi connectivity index (χ1) is 11.9. The van der Waals surface area contributed by atoms with E-state index >= 15 is 0 Å². The fourth-order valence-electron chi connectivity index (χ4n) is 5.17. The third kappa shape index (κ3) is 3.29. The molecule has 1 aliphatic heterocycles. The molecule has 0 fully saturated rings. The molecule has 1 unspecified atom stereocenters. The van der Waals surface area contributed by atoms with Gasteiger partial charge in [-0.3, -0.25) is 9.69 Å². The summed E-state index contributed by atoms with van der Waals surface area (Å²) in [5.74, 6) is 0.606. The molecule has 0 amide bonds. The van der Waals surface area contributed by atoms with Gasteiger partial charge >= 0.3 is 0 Å². The van der Waals surface area contributed by atoms with Crippen molar-refractivity contribution in [1.82, 2.24) is 9.47 Å². The smallest absolute Gasteiger partial charge is 0.223 e. The van der Waals surface area contributed by atoms with Crippen LogP contribution < -0.4 is 5.43 Å². The summed E-state index contributed by atoms with van der Waals surface area (Å²) in [6.07, 6.45) is 9.49. The first-order valence-corrected chi connectivity index (χ1v) is 9.78. The number of fused-ring (bicyclic) bond motifs is 1. The Balaban J connectivity index is 1.44. The third-order valence-electron chi connectivity index (χ3n) is 6.63. The fraction of sp³-hybridized carbons (Fsp3) is 0.667. The van der Waals surface area contributed by atoms with Crippen LogP contribution in [0.1, 0.15) is 58.1 Å². The van der Waals surface area contributed by atoms with E-state index in [2.05, 4.69) is 18.7 Å². The van der Waals surface area contributed by atoms with Crippen LogP contribution in [0.2, 0.25) is 0 Å². The minimum Gasteiger partial charge on any atom is -0.503 e. The lowest BCUT2D eigenvalue weighted by atomic mass is 9.65. The van der Waals surface area contributed by atoms with Gasteiger partial charge in [0.2, 0.25) is 5.43 Å². The van der Waals surface area contributed by atoms with Crippen molar-refractivity contribution in [3.63, 3.8) is 0 Å². The zero-order valence-electron chi connectivity index (χ0n) is 15.6. The zero-order chi connectivity index (χ0) is 17.6. The minimum absolute atomic E-state index is 0.136. The van der Waals surface area contributed by atoms with E-state index in [0.717, 1.165) is 37.8 Å². The summed E-state index contributed by atoms with van der Waals surface area (Å²) < 4.78 is 2.03. The largest absolute Gasteiger partial charge is 0.503 e. The number of pyridine rings is 1. The predicted octanol–water partition coefficient (Wildman–Crippen LogP) is 3.68. The number of hydrogen-bond donors (Lipinski definition) is 1. The maximum atomic E-state index is 11.7. The second kappa shape index (κ2) is 6.31. The zero-order valence-corrected chi connectivity index (χ0v) is 15.6. The van der Waals surface area contributed by atoms with Crippen molar-refractivity contribution < 1.29 is 5.11 Å². The maximum Gasteiger partial charge on any atom is 0.223 e. The molecule has 1 aromatic heterocycles. The molecule has 4 heteroatoms. The molecule has 1 atom stereocenters. The Kier molecular flexibility index (Phi) is 4.27. The van der Waals surface area contributed by atoms with Crippen LogP contribution in [0.25, 0.3) is 0 Å². The number of aromatic hydroxyl groups is 1. The van der Waals surface area contributed by atoms with Gasteiger partial charge in [-0.2, -0.15) is 0 Å². The molecule has 0 saturated carbocycles. The summed E-state index contributed by atoms with van der Waals surface area (Å²) in [7, 11) is 0. The Morgan fingerprint density at radius 1 is 1.28 bits per heavy atom. The standard InChI is InChI=1S/C21H30N2O2/c1-21(2)7-3-4-16-6-5-15(10-18(16)21)12-22-8-9-23-14-20(25)19(24)11-17(23)13-22/h11,14-15,25H,3-10,12-13H2,1-2H3. The molecular formula is C21H30N2O2. The van der Waals surface area contributed by atoms with Gasteiger partial charge in [0, 0.05) is 37.9 Å². The molecule has 25 heavy (non-hydrogen) atoms. The lowest BCUT2D eigenvalue weighted by molar-refractivity contribution is 0.170. The summed E-state index contributed by atoms with van der Waals surface area (Å²) in [5.41, 5.74) is 4.69. The van der Waals surface area contributed by atoms with Gasteiger partial charge < -0.3 is 9.67 Å². The maximum absolute atomic E-state index is 11.7. The Morgan fingerprint density at radius 3 is 2.96 bits per heavy atom. The Morgan fingerprint density at radius 2 is 2.12 bits per heavy atom. The molecule has 0 bridgehead atoms. The molecule has 136 valence electrons. The van der Waals surface area contributed by atoms with Crippen molar-refractivity contribution in [2.24, 2.45) is 11.3 Å². The number of nitrogens with zero attached hydrogens (tertiary/aromatic N) is 2. The summed E-state index contributed by atoms with van der Waals surface area (Å²) in [6, 6.07) is 1.60.